The first-order chi connectivity index (χ1) is 7.09. The lowest BCUT2D eigenvalue weighted by Crippen LogP contribution is -1.71. The number of hydrogen-bond acceptors (Lipinski definition) is 1. The van der Waals surface area contributed by atoms with E-state index in [9.17, 15) is 0 Å². The van der Waals surface area contributed by atoms with Crippen LogP contribution in [0.2, 0.25) is 0 Å². The fourth-order valence-corrected chi connectivity index (χ4v) is 1.18. The molecule has 0 radical (unpaired) electrons. The van der Waals surface area contributed by atoms with Gasteiger partial charge in [0.25, 0.3) is 0 Å². The summed E-state index contributed by atoms with van der Waals surface area (Å²) in [6.45, 7) is 0. The van der Waals surface area contributed by atoms with Gasteiger partial charge in [0, 0.05) is 10.0 Å². The van der Waals surface area contributed by atoms with E-state index in [0.29, 0.717) is 5.56 Å². The van der Waals surface area contributed by atoms with E-state index in [1.54, 1.807) is 12.1 Å². The summed E-state index contributed by atoms with van der Waals surface area (Å²) in [4.78, 5) is 0. The molecule has 0 unspecified atom stereocenters. The van der Waals surface area contributed by atoms with Crippen LogP contribution in [0.4, 0.5) is 0 Å². The van der Waals surface area contributed by atoms with E-state index < -0.39 is 0 Å². The SMILES string of the molecule is [2H]c1oc(-c2ccc(Br)cc2)c([2H])c1[2H]. The molecule has 0 bridgehead atoms. The molecule has 0 aliphatic rings. The van der Waals surface area contributed by atoms with Gasteiger partial charge in [-0.05, 0) is 24.2 Å². The van der Waals surface area contributed by atoms with E-state index in [1.165, 1.54) is 0 Å². The van der Waals surface area contributed by atoms with Crippen molar-refractivity contribution in [1.82, 2.24) is 0 Å². The van der Waals surface area contributed by atoms with Gasteiger partial charge in [-0.1, -0.05) is 28.1 Å². The molecule has 1 aromatic heterocycles. The maximum atomic E-state index is 7.59. The van der Waals surface area contributed by atoms with Crippen LogP contribution in [0.15, 0.2) is 51.5 Å². The van der Waals surface area contributed by atoms with Crippen LogP contribution in [0.1, 0.15) is 4.11 Å². The predicted molar refractivity (Wildman–Crippen MR) is 51.8 cm³/mol. The van der Waals surface area contributed by atoms with Gasteiger partial charge in [-0.2, -0.15) is 0 Å². The zero-order valence-corrected chi connectivity index (χ0v) is 7.68. The van der Waals surface area contributed by atoms with Gasteiger partial charge in [0.2, 0.25) is 0 Å². The van der Waals surface area contributed by atoms with Gasteiger partial charge in [0.1, 0.15) is 7.13 Å². The van der Waals surface area contributed by atoms with E-state index in [0.717, 1.165) is 4.47 Å². The maximum absolute atomic E-state index is 7.59. The molecule has 2 aromatic rings. The van der Waals surface area contributed by atoms with Crippen molar-refractivity contribution < 1.29 is 8.53 Å². The Morgan fingerprint density at radius 2 is 2.00 bits per heavy atom. The fourth-order valence-electron chi connectivity index (χ4n) is 0.917. The van der Waals surface area contributed by atoms with Gasteiger partial charge < -0.3 is 4.42 Å². The minimum Gasteiger partial charge on any atom is -0.464 e. The second kappa shape index (κ2) is 3.15. The molecule has 60 valence electrons. The Hall–Kier alpha value is -1.02. The van der Waals surface area contributed by atoms with Crippen LogP contribution in [0, 0.1) is 0 Å². The molecule has 0 saturated heterocycles. The Balaban J connectivity index is 2.54. The summed E-state index contributed by atoms with van der Waals surface area (Å²) in [5, 5.41) is 0. The monoisotopic (exact) mass is 225 g/mol. The van der Waals surface area contributed by atoms with Crippen LogP contribution in [0.25, 0.3) is 11.3 Å². The molecule has 0 aliphatic carbocycles. The molecule has 0 saturated carbocycles. The molecular formula is C10H7BrO. The first kappa shape index (κ1) is 4.87. The summed E-state index contributed by atoms with van der Waals surface area (Å²) >= 11 is 3.30. The lowest BCUT2D eigenvalue weighted by Gasteiger charge is -1.95. The van der Waals surface area contributed by atoms with Crippen molar-refractivity contribution in [3.8, 4) is 11.3 Å². The van der Waals surface area contributed by atoms with Crippen molar-refractivity contribution in [3.05, 3.63) is 47.1 Å². The fraction of sp³-hybridized carbons (Fsp3) is 0. The number of rotatable bonds is 1. The van der Waals surface area contributed by atoms with E-state index in [4.69, 9.17) is 8.53 Å². The Bertz CT molecular complexity index is 490. The van der Waals surface area contributed by atoms with E-state index in [2.05, 4.69) is 15.9 Å². The summed E-state index contributed by atoms with van der Waals surface area (Å²) < 4.78 is 28.2. The van der Waals surface area contributed by atoms with Gasteiger partial charge in [0.05, 0.1) is 8.98 Å². The summed E-state index contributed by atoms with van der Waals surface area (Å²) in [5.41, 5.74) is 0.704. The molecule has 1 aromatic carbocycles. The molecule has 0 atom stereocenters. The quantitative estimate of drug-likeness (QED) is 0.722. The molecule has 0 amide bonds. The van der Waals surface area contributed by atoms with Crippen LogP contribution < -0.4 is 0 Å². The van der Waals surface area contributed by atoms with Gasteiger partial charge in [-0.3, -0.25) is 0 Å². The summed E-state index contributed by atoms with van der Waals surface area (Å²) in [6.07, 6.45) is -0.266. The third-order valence-corrected chi connectivity index (χ3v) is 2.02. The number of hydrogen-bond donors (Lipinski definition) is 0. The first-order valence-electron chi connectivity index (χ1n) is 4.92. The molecular weight excluding hydrogens is 216 g/mol. The zero-order chi connectivity index (χ0) is 11.0. The molecule has 1 heterocycles. The van der Waals surface area contributed by atoms with E-state index in [-0.39, 0.29) is 24.1 Å². The number of benzene rings is 1. The highest BCUT2D eigenvalue weighted by atomic mass is 79.9. The van der Waals surface area contributed by atoms with Crippen molar-refractivity contribution in [2.45, 2.75) is 0 Å². The normalized spacial score (nSPS) is 13.6. The Morgan fingerprint density at radius 3 is 2.58 bits per heavy atom. The van der Waals surface area contributed by atoms with Crippen molar-refractivity contribution >= 4 is 15.9 Å². The first-order valence-corrected chi connectivity index (χ1v) is 4.21. The lowest BCUT2D eigenvalue weighted by atomic mass is 10.2. The minimum absolute atomic E-state index is 0.0395. The van der Waals surface area contributed by atoms with E-state index in [1.807, 2.05) is 12.1 Å². The Kier molecular flexibility index (Phi) is 1.28. The van der Waals surface area contributed by atoms with Crippen LogP contribution in [-0.4, -0.2) is 0 Å². The van der Waals surface area contributed by atoms with Crippen molar-refractivity contribution in [2.24, 2.45) is 0 Å². The average molecular weight is 226 g/mol. The van der Waals surface area contributed by atoms with E-state index >= 15 is 0 Å². The molecule has 0 N–H and O–H groups in total. The van der Waals surface area contributed by atoms with Crippen LogP contribution >= 0.6 is 15.9 Å². The van der Waals surface area contributed by atoms with Gasteiger partial charge in [0.15, 0.2) is 0 Å². The summed E-state index contributed by atoms with van der Waals surface area (Å²) in [6, 6.07) is 6.99. The number of furan rings is 1. The van der Waals surface area contributed by atoms with Crippen LogP contribution in [0.3, 0.4) is 0 Å². The van der Waals surface area contributed by atoms with Gasteiger partial charge in [-0.15, -0.1) is 0 Å². The third kappa shape index (κ3) is 1.43. The highest BCUT2D eigenvalue weighted by Gasteiger charge is 1.97. The second-order valence-corrected chi connectivity index (χ2v) is 3.21. The Morgan fingerprint density at radius 1 is 1.25 bits per heavy atom. The molecule has 0 aliphatic heterocycles. The third-order valence-electron chi connectivity index (χ3n) is 1.49. The maximum Gasteiger partial charge on any atom is 0.133 e. The van der Waals surface area contributed by atoms with Crippen molar-refractivity contribution in [2.75, 3.05) is 0 Å². The van der Waals surface area contributed by atoms with Crippen LogP contribution in [-0.2, 0) is 0 Å². The predicted octanol–water partition coefficient (Wildman–Crippen LogP) is 3.71. The van der Waals surface area contributed by atoms with Crippen LogP contribution in [0.5, 0.6) is 0 Å². The number of halogens is 1. The topological polar surface area (TPSA) is 13.1 Å². The molecule has 0 spiro atoms. The largest absolute Gasteiger partial charge is 0.464 e. The molecule has 0 fully saturated rings. The second-order valence-electron chi connectivity index (χ2n) is 2.29. The van der Waals surface area contributed by atoms with Gasteiger partial charge >= 0.3 is 0 Å². The molecule has 2 rings (SSSR count). The highest BCUT2D eigenvalue weighted by Crippen LogP contribution is 2.21. The lowest BCUT2D eigenvalue weighted by molar-refractivity contribution is 0.582. The summed E-state index contributed by atoms with van der Waals surface area (Å²) in [5.74, 6) is 0.275. The van der Waals surface area contributed by atoms with Gasteiger partial charge in [-0.25, -0.2) is 0 Å². The Labute approximate surface area is 83.4 Å². The average Bonchev–Trinajstić information content (AvgIpc) is 2.47. The van der Waals surface area contributed by atoms with Crippen molar-refractivity contribution in [1.29, 1.82) is 0 Å². The smallest absolute Gasteiger partial charge is 0.133 e. The van der Waals surface area contributed by atoms with Crippen molar-refractivity contribution in [3.63, 3.8) is 0 Å². The highest BCUT2D eigenvalue weighted by molar-refractivity contribution is 9.10. The zero-order valence-electron chi connectivity index (χ0n) is 9.10. The standard InChI is InChI=1S/C10H7BrO/c11-9-5-3-8(4-6-9)10-2-1-7-12-10/h1-7H/i1D,2D,7D. The summed E-state index contributed by atoms with van der Waals surface area (Å²) in [7, 11) is 0. The molecule has 1 nitrogen and oxygen atoms in total. The molecule has 12 heavy (non-hydrogen) atoms. The minimum atomic E-state index is -0.266. The molecule has 2 heteroatoms.